The van der Waals surface area contributed by atoms with Gasteiger partial charge in [-0.15, -0.1) is 0 Å². The van der Waals surface area contributed by atoms with Gasteiger partial charge < -0.3 is 5.11 Å². The first-order valence-electron chi connectivity index (χ1n) is 7.67. The van der Waals surface area contributed by atoms with Crippen LogP contribution in [-0.4, -0.2) is 17.0 Å². The molecule has 1 rings (SSSR count). The van der Waals surface area contributed by atoms with Crippen LogP contribution in [0.5, 0.6) is 0 Å². The number of aliphatic hydroxyl groups is 1. The average molecular weight is 276 g/mol. The number of rotatable bonds is 6. The summed E-state index contributed by atoms with van der Waals surface area (Å²) in [5.74, 6) is 0.0736. The summed E-state index contributed by atoms with van der Waals surface area (Å²) < 4.78 is 0. The first-order valence-corrected chi connectivity index (χ1v) is 7.67. The Kier molecular flexibility index (Phi) is 6.94. The zero-order chi connectivity index (χ0) is 15.1. The van der Waals surface area contributed by atoms with Crippen molar-refractivity contribution < 1.29 is 9.90 Å². The second-order valence-electron chi connectivity index (χ2n) is 5.93. The van der Waals surface area contributed by atoms with Crippen LogP contribution in [0.3, 0.4) is 0 Å². The van der Waals surface area contributed by atoms with Gasteiger partial charge in [0.2, 0.25) is 0 Å². The molecule has 0 aliphatic heterocycles. The Morgan fingerprint density at radius 1 is 1.30 bits per heavy atom. The summed E-state index contributed by atoms with van der Waals surface area (Å²) in [6, 6.07) is 0. The summed E-state index contributed by atoms with van der Waals surface area (Å²) in [5, 5.41) is 9.97. The molecule has 3 atom stereocenters. The molecule has 1 aliphatic carbocycles. The molecule has 2 nitrogen and oxygen atoms in total. The fourth-order valence-electron chi connectivity index (χ4n) is 2.47. The minimum absolute atomic E-state index is 0.0235. The fourth-order valence-corrected chi connectivity index (χ4v) is 2.47. The predicted molar refractivity (Wildman–Crippen MR) is 84.5 cm³/mol. The largest absolute Gasteiger partial charge is 0.389 e. The van der Waals surface area contributed by atoms with Crippen LogP contribution in [0, 0.1) is 11.8 Å². The molecule has 3 unspecified atom stereocenters. The van der Waals surface area contributed by atoms with Crippen LogP contribution in [0.2, 0.25) is 0 Å². The lowest BCUT2D eigenvalue weighted by Crippen LogP contribution is -2.32. The van der Waals surface area contributed by atoms with Gasteiger partial charge in [-0.1, -0.05) is 43.2 Å². The summed E-state index contributed by atoms with van der Waals surface area (Å²) in [6.45, 7) is 8.38. The molecule has 1 aliphatic rings. The van der Waals surface area contributed by atoms with E-state index < -0.39 is 6.10 Å². The van der Waals surface area contributed by atoms with Crippen LogP contribution in [0.15, 0.2) is 35.5 Å². The van der Waals surface area contributed by atoms with E-state index in [2.05, 4.69) is 32.9 Å². The minimum atomic E-state index is -0.492. The Morgan fingerprint density at radius 3 is 2.65 bits per heavy atom. The summed E-state index contributed by atoms with van der Waals surface area (Å²) in [6.07, 6.45) is 11.2. The van der Waals surface area contributed by atoms with E-state index in [0.717, 1.165) is 25.7 Å². The summed E-state index contributed by atoms with van der Waals surface area (Å²) >= 11 is 0. The fraction of sp³-hybridized carbons (Fsp3) is 0.611. The molecule has 0 spiro atoms. The smallest absolute Gasteiger partial charge is 0.158 e. The molecule has 1 N–H and O–H groups in total. The Hall–Kier alpha value is -1.15. The summed E-state index contributed by atoms with van der Waals surface area (Å²) in [5.41, 5.74) is 2.77. The minimum Gasteiger partial charge on any atom is -0.389 e. The molecule has 0 saturated heterocycles. The third kappa shape index (κ3) is 5.09. The molecule has 112 valence electrons. The highest BCUT2D eigenvalue weighted by molar-refractivity contribution is 5.92. The molecule has 0 bridgehead atoms. The second-order valence-corrected chi connectivity index (χ2v) is 5.93. The van der Waals surface area contributed by atoms with Gasteiger partial charge in [-0.2, -0.15) is 0 Å². The van der Waals surface area contributed by atoms with Crippen LogP contribution in [0.4, 0.5) is 0 Å². The maximum atomic E-state index is 11.6. The van der Waals surface area contributed by atoms with Crippen molar-refractivity contribution >= 4 is 5.78 Å². The first kappa shape index (κ1) is 16.9. The number of hydrogen-bond donors (Lipinski definition) is 1. The van der Waals surface area contributed by atoms with E-state index in [0.29, 0.717) is 0 Å². The van der Waals surface area contributed by atoms with Crippen molar-refractivity contribution in [1.29, 1.82) is 0 Å². The number of hydrogen-bond acceptors (Lipinski definition) is 2. The van der Waals surface area contributed by atoms with Gasteiger partial charge in [0, 0.05) is 11.8 Å². The zero-order valence-corrected chi connectivity index (χ0v) is 13.2. The molecule has 20 heavy (non-hydrogen) atoms. The van der Waals surface area contributed by atoms with Crippen LogP contribution in [0.1, 0.15) is 53.4 Å². The van der Waals surface area contributed by atoms with Gasteiger partial charge in [0.1, 0.15) is 0 Å². The normalized spacial score (nSPS) is 28.1. The Bertz CT molecular complexity index is 415. The maximum Gasteiger partial charge on any atom is 0.158 e. The van der Waals surface area contributed by atoms with Crippen molar-refractivity contribution in [3.05, 3.63) is 35.5 Å². The van der Waals surface area contributed by atoms with Crippen molar-refractivity contribution in [2.24, 2.45) is 11.8 Å². The Labute approximate surface area is 123 Å². The third-order valence-electron chi connectivity index (χ3n) is 4.31. The highest BCUT2D eigenvalue weighted by Crippen LogP contribution is 2.27. The van der Waals surface area contributed by atoms with Crippen LogP contribution in [-0.2, 0) is 4.79 Å². The lowest BCUT2D eigenvalue weighted by Gasteiger charge is -2.27. The number of allylic oxidation sites excluding steroid dienone is 5. The van der Waals surface area contributed by atoms with Gasteiger partial charge >= 0.3 is 0 Å². The third-order valence-corrected chi connectivity index (χ3v) is 4.31. The van der Waals surface area contributed by atoms with E-state index in [4.69, 9.17) is 0 Å². The van der Waals surface area contributed by atoms with Gasteiger partial charge in [0.25, 0.3) is 0 Å². The van der Waals surface area contributed by atoms with E-state index in [1.165, 1.54) is 17.2 Å². The number of carbonyl (C=O) groups excluding carboxylic acids is 1. The molecule has 0 radical (unpaired) electrons. The predicted octanol–water partition coefficient (Wildman–Crippen LogP) is 4.21. The second kappa shape index (κ2) is 8.21. The van der Waals surface area contributed by atoms with Gasteiger partial charge in [0.15, 0.2) is 5.78 Å². The highest BCUT2D eigenvalue weighted by atomic mass is 16.3. The van der Waals surface area contributed by atoms with Crippen LogP contribution in [0.25, 0.3) is 0 Å². The van der Waals surface area contributed by atoms with Crippen molar-refractivity contribution in [2.75, 3.05) is 0 Å². The van der Waals surface area contributed by atoms with E-state index in [-0.39, 0.29) is 17.6 Å². The van der Waals surface area contributed by atoms with Crippen molar-refractivity contribution in [3.8, 4) is 0 Å². The number of carbonyl (C=O) groups is 1. The quantitative estimate of drug-likeness (QED) is 0.738. The molecule has 0 heterocycles. The maximum absolute atomic E-state index is 11.6. The lowest BCUT2D eigenvalue weighted by atomic mass is 9.79. The highest BCUT2D eigenvalue weighted by Gasteiger charge is 2.30. The van der Waals surface area contributed by atoms with E-state index in [9.17, 15) is 9.90 Å². The number of aliphatic hydroxyl groups excluding tert-OH is 1. The van der Waals surface area contributed by atoms with Gasteiger partial charge in [-0.3, -0.25) is 4.79 Å². The SMILES string of the molecule is CC/C(C)=C/CC/C(C)=C/CC1C(O)C=CC(=O)C1C. The molecule has 2 heteroatoms. The monoisotopic (exact) mass is 276 g/mol. The van der Waals surface area contributed by atoms with E-state index in [1.54, 1.807) is 6.08 Å². The topological polar surface area (TPSA) is 37.3 Å². The molecular weight excluding hydrogens is 248 g/mol. The average Bonchev–Trinajstić information content (AvgIpc) is 2.42. The van der Waals surface area contributed by atoms with E-state index in [1.807, 2.05) is 6.92 Å². The Balaban J connectivity index is 2.50. The van der Waals surface area contributed by atoms with Crippen molar-refractivity contribution in [3.63, 3.8) is 0 Å². The molecular formula is C18H28O2. The zero-order valence-electron chi connectivity index (χ0n) is 13.2. The van der Waals surface area contributed by atoms with Crippen LogP contribution >= 0.6 is 0 Å². The van der Waals surface area contributed by atoms with Crippen molar-refractivity contribution in [1.82, 2.24) is 0 Å². The molecule has 0 aromatic rings. The summed E-state index contributed by atoms with van der Waals surface area (Å²) in [7, 11) is 0. The molecule has 0 saturated carbocycles. The van der Waals surface area contributed by atoms with Crippen LogP contribution < -0.4 is 0 Å². The summed E-state index contributed by atoms with van der Waals surface area (Å²) in [4.78, 5) is 11.6. The van der Waals surface area contributed by atoms with E-state index >= 15 is 0 Å². The molecule has 0 aromatic heterocycles. The standard InChI is InChI=1S/C18H28O2/c1-5-13(2)7-6-8-14(3)9-10-16-15(4)17(19)11-12-18(16)20/h7,9,11-12,15-16,18,20H,5-6,8,10H2,1-4H3/b13-7+,14-9+. The first-order chi connectivity index (χ1) is 9.45. The molecule has 0 fully saturated rings. The van der Waals surface area contributed by atoms with Gasteiger partial charge in [0.05, 0.1) is 6.10 Å². The number of ketones is 1. The lowest BCUT2D eigenvalue weighted by molar-refractivity contribution is -0.121. The Morgan fingerprint density at radius 2 is 2.00 bits per heavy atom. The molecule has 0 aromatic carbocycles. The molecule has 0 amide bonds. The van der Waals surface area contributed by atoms with Gasteiger partial charge in [-0.05, 0) is 45.6 Å². The van der Waals surface area contributed by atoms with Gasteiger partial charge in [-0.25, -0.2) is 0 Å². The van der Waals surface area contributed by atoms with Crippen molar-refractivity contribution in [2.45, 2.75) is 59.5 Å².